The molecule has 1 saturated heterocycles. The van der Waals surface area contributed by atoms with Gasteiger partial charge in [0.25, 0.3) is 0 Å². The van der Waals surface area contributed by atoms with Crippen LogP contribution in [0.25, 0.3) is 0 Å². The van der Waals surface area contributed by atoms with Crippen LogP contribution in [0, 0.1) is 19.8 Å². The molecule has 1 N–H and O–H groups in total. The molecule has 26 heavy (non-hydrogen) atoms. The molecule has 0 spiro atoms. The van der Waals surface area contributed by atoms with Crippen molar-refractivity contribution in [3.8, 4) is 0 Å². The second-order valence-corrected chi connectivity index (χ2v) is 7.05. The molecule has 1 aliphatic rings. The monoisotopic (exact) mass is 350 g/mol. The number of rotatable bonds is 5. The molecule has 0 saturated carbocycles. The van der Waals surface area contributed by atoms with Crippen molar-refractivity contribution in [1.29, 1.82) is 0 Å². The number of anilines is 1. The Balaban J connectivity index is 1.69. The highest BCUT2D eigenvalue weighted by molar-refractivity contribution is 6.01. The van der Waals surface area contributed by atoms with Crippen molar-refractivity contribution < 1.29 is 9.59 Å². The first-order valence-corrected chi connectivity index (χ1v) is 9.21. The normalized spacial score (nSPS) is 16.8. The Kier molecular flexibility index (Phi) is 5.40. The van der Waals surface area contributed by atoms with Crippen molar-refractivity contribution in [3.05, 3.63) is 64.7 Å². The summed E-state index contributed by atoms with van der Waals surface area (Å²) in [6.07, 6.45) is 1.14. The molecule has 1 atom stereocenters. The van der Waals surface area contributed by atoms with Crippen molar-refractivity contribution in [1.82, 2.24) is 5.32 Å². The van der Waals surface area contributed by atoms with Crippen LogP contribution in [0.15, 0.2) is 42.5 Å². The molecule has 4 nitrogen and oxygen atoms in total. The second kappa shape index (κ2) is 7.73. The first-order valence-electron chi connectivity index (χ1n) is 9.21. The van der Waals surface area contributed by atoms with E-state index < -0.39 is 0 Å². The third kappa shape index (κ3) is 3.79. The lowest BCUT2D eigenvalue weighted by molar-refractivity contribution is -0.126. The maximum Gasteiger partial charge on any atom is 0.227 e. The number of benzene rings is 2. The highest BCUT2D eigenvalue weighted by Crippen LogP contribution is 2.31. The number of hydrogen-bond donors (Lipinski definition) is 1. The summed E-state index contributed by atoms with van der Waals surface area (Å²) >= 11 is 0. The summed E-state index contributed by atoms with van der Waals surface area (Å²) in [5, 5.41) is 2.99. The van der Waals surface area contributed by atoms with Gasteiger partial charge < -0.3 is 10.2 Å². The van der Waals surface area contributed by atoms with Gasteiger partial charge in [-0.1, -0.05) is 55.0 Å². The van der Waals surface area contributed by atoms with Crippen LogP contribution in [0.2, 0.25) is 0 Å². The molecular formula is C22H26N2O2. The van der Waals surface area contributed by atoms with E-state index in [-0.39, 0.29) is 24.2 Å². The molecule has 0 aromatic heterocycles. The van der Waals surface area contributed by atoms with E-state index in [0.29, 0.717) is 13.1 Å². The minimum absolute atomic E-state index is 0.0321. The molecule has 0 aliphatic carbocycles. The molecule has 1 fully saturated rings. The van der Waals surface area contributed by atoms with Crippen molar-refractivity contribution >= 4 is 17.5 Å². The van der Waals surface area contributed by atoms with Gasteiger partial charge in [-0.25, -0.2) is 0 Å². The summed E-state index contributed by atoms with van der Waals surface area (Å²) in [5.41, 5.74) is 5.46. The summed E-state index contributed by atoms with van der Waals surface area (Å²) in [6.45, 7) is 7.09. The molecule has 136 valence electrons. The number of amides is 2. The number of carbonyl (C=O) groups is 2. The minimum atomic E-state index is -0.295. The lowest BCUT2D eigenvalue weighted by Crippen LogP contribution is -2.33. The van der Waals surface area contributed by atoms with Gasteiger partial charge in [0.15, 0.2) is 0 Å². The third-order valence-corrected chi connectivity index (χ3v) is 5.02. The van der Waals surface area contributed by atoms with Crippen molar-refractivity contribution in [2.24, 2.45) is 5.92 Å². The van der Waals surface area contributed by atoms with Crippen LogP contribution in [0.1, 0.15) is 35.6 Å². The molecule has 2 amide bonds. The van der Waals surface area contributed by atoms with Crippen molar-refractivity contribution in [3.63, 3.8) is 0 Å². The van der Waals surface area contributed by atoms with Crippen LogP contribution >= 0.6 is 0 Å². The largest absolute Gasteiger partial charge is 0.352 e. The van der Waals surface area contributed by atoms with Gasteiger partial charge in [-0.2, -0.15) is 0 Å². The fourth-order valence-corrected chi connectivity index (χ4v) is 3.65. The molecule has 0 radical (unpaired) electrons. The third-order valence-electron chi connectivity index (χ3n) is 5.02. The summed E-state index contributed by atoms with van der Waals surface area (Å²) in [4.78, 5) is 26.9. The van der Waals surface area contributed by atoms with Gasteiger partial charge >= 0.3 is 0 Å². The Morgan fingerprint density at radius 1 is 1.19 bits per heavy atom. The summed E-state index contributed by atoms with van der Waals surface area (Å²) in [5.74, 6) is -0.310. The van der Waals surface area contributed by atoms with E-state index in [9.17, 15) is 9.59 Å². The fourth-order valence-electron chi connectivity index (χ4n) is 3.65. The lowest BCUT2D eigenvalue weighted by atomic mass is 10.0. The number of nitrogens with zero attached hydrogens (tertiary/aromatic N) is 1. The van der Waals surface area contributed by atoms with Gasteiger partial charge in [-0.05, 0) is 37.0 Å². The van der Waals surface area contributed by atoms with Crippen LogP contribution in [-0.4, -0.2) is 18.4 Å². The smallest absolute Gasteiger partial charge is 0.227 e. The number of hydrogen-bond acceptors (Lipinski definition) is 2. The standard InChI is InChI=1S/C22H26N2O2/c1-4-18-10-6-8-16(3)21(18)24-14-19(12-20(24)25)22(26)23-13-17-9-5-7-15(2)11-17/h5-11,19H,4,12-14H2,1-3H3,(H,23,26). The fraction of sp³-hybridized carbons (Fsp3) is 0.364. The van der Waals surface area contributed by atoms with Gasteiger partial charge in [0, 0.05) is 25.2 Å². The van der Waals surface area contributed by atoms with Crippen molar-refractivity contribution in [2.75, 3.05) is 11.4 Å². The van der Waals surface area contributed by atoms with Crippen molar-refractivity contribution in [2.45, 2.75) is 40.2 Å². The Bertz CT molecular complexity index is 829. The summed E-state index contributed by atoms with van der Waals surface area (Å²) in [7, 11) is 0. The quantitative estimate of drug-likeness (QED) is 0.897. The number of para-hydroxylation sites is 1. The number of nitrogens with one attached hydrogen (secondary N) is 1. The van der Waals surface area contributed by atoms with Gasteiger partial charge in [0.1, 0.15) is 0 Å². The van der Waals surface area contributed by atoms with E-state index in [1.807, 2.05) is 44.2 Å². The Morgan fingerprint density at radius 2 is 1.96 bits per heavy atom. The van der Waals surface area contributed by atoms with Gasteiger partial charge in [0.05, 0.1) is 5.92 Å². The molecular weight excluding hydrogens is 324 g/mol. The molecule has 1 heterocycles. The van der Waals surface area contributed by atoms with Gasteiger partial charge in [-0.3, -0.25) is 9.59 Å². The molecule has 0 bridgehead atoms. The molecule has 4 heteroatoms. The van der Waals surface area contributed by atoms with E-state index in [1.54, 1.807) is 4.90 Å². The first-order chi connectivity index (χ1) is 12.5. The van der Waals surface area contributed by atoms with E-state index in [4.69, 9.17) is 0 Å². The average molecular weight is 350 g/mol. The molecule has 1 unspecified atom stereocenters. The minimum Gasteiger partial charge on any atom is -0.352 e. The average Bonchev–Trinajstić information content (AvgIpc) is 3.01. The van der Waals surface area contributed by atoms with Crippen LogP contribution in [0.5, 0.6) is 0 Å². The Hall–Kier alpha value is -2.62. The number of aryl methyl sites for hydroxylation is 3. The van der Waals surface area contributed by atoms with E-state index in [1.165, 1.54) is 5.56 Å². The Labute approximate surface area is 155 Å². The van der Waals surface area contributed by atoms with E-state index >= 15 is 0 Å². The van der Waals surface area contributed by atoms with E-state index in [2.05, 4.69) is 24.4 Å². The molecule has 3 rings (SSSR count). The topological polar surface area (TPSA) is 49.4 Å². The highest BCUT2D eigenvalue weighted by atomic mass is 16.2. The predicted octanol–water partition coefficient (Wildman–Crippen LogP) is 3.54. The molecule has 1 aliphatic heterocycles. The van der Waals surface area contributed by atoms with Gasteiger partial charge in [0.2, 0.25) is 11.8 Å². The summed E-state index contributed by atoms with van der Waals surface area (Å²) < 4.78 is 0. The van der Waals surface area contributed by atoms with Gasteiger partial charge in [-0.15, -0.1) is 0 Å². The number of carbonyl (C=O) groups excluding carboxylic acids is 2. The lowest BCUT2D eigenvalue weighted by Gasteiger charge is -2.22. The van der Waals surface area contributed by atoms with Crippen LogP contribution in [0.3, 0.4) is 0 Å². The van der Waals surface area contributed by atoms with E-state index in [0.717, 1.165) is 28.8 Å². The van der Waals surface area contributed by atoms with Crippen LogP contribution < -0.4 is 10.2 Å². The maximum absolute atomic E-state index is 12.6. The SMILES string of the molecule is CCc1cccc(C)c1N1CC(C(=O)NCc2cccc(C)c2)CC1=O. The zero-order valence-electron chi connectivity index (χ0n) is 15.7. The molecule has 2 aromatic carbocycles. The van der Waals surface area contributed by atoms with Crippen LogP contribution in [-0.2, 0) is 22.6 Å². The highest BCUT2D eigenvalue weighted by Gasteiger charge is 2.36. The predicted molar refractivity (Wildman–Crippen MR) is 104 cm³/mol. The first kappa shape index (κ1) is 18.2. The Morgan fingerprint density at radius 3 is 2.69 bits per heavy atom. The van der Waals surface area contributed by atoms with Crippen LogP contribution in [0.4, 0.5) is 5.69 Å². The zero-order chi connectivity index (χ0) is 18.7. The second-order valence-electron chi connectivity index (χ2n) is 7.05. The molecule has 2 aromatic rings. The zero-order valence-corrected chi connectivity index (χ0v) is 15.7. The summed E-state index contributed by atoms with van der Waals surface area (Å²) in [6, 6.07) is 14.2. The maximum atomic E-state index is 12.6.